The van der Waals surface area contributed by atoms with Crippen LogP contribution in [0.5, 0.6) is 0 Å². The first-order chi connectivity index (χ1) is 8.70. The number of nitrogens with zero attached hydrogens (tertiary/aromatic N) is 3. The van der Waals surface area contributed by atoms with Crippen molar-refractivity contribution < 1.29 is 0 Å². The van der Waals surface area contributed by atoms with E-state index in [1.807, 2.05) is 18.2 Å². The molecule has 0 radical (unpaired) electrons. The third-order valence-electron chi connectivity index (χ3n) is 2.62. The third-order valence-corrected chi connectivity index (χ3v) is 2.62. The maximum absolute atomic E-state index is 8.95. The van der Waals surface area contributed by atoms with Gasteiger partial charge in [-0.15, -0.1) is 0 Å². The molecule has 1 aromatic carbocycles. The molecule has 0 bridgehead atoms. The van der Waals surface area contributed by atoms with Crippen LogP contribution in [-0.4, -0.2) is 9.97 Å². The quantitative estimate of drug-likeness (QED) is 0.891. The predicted molar refractivity (Wildman–Crippen MR) is 70.6 cm³/mol. The van der Waals surface area contributed by atoms with Crippen molar-refractivity contribution in [3.8, 4) is 6.07 Å². The van der Waals surface area contributed by atoms with Crippen LogP contribution in [0.15, 0.2) is 36.7 Å². The van der Waals surface area contributed by atoms with Gasteiger partial charge in [0, 0.05) is 18.1 Å². The molecule has 0 fully saturated rings. The Morgan fingerprint density at radius 2 is 2.00 bits per heavy atom. The Hall–Kier alpha value is -2.41. The Kier molecular flexibility index (Phi) is 3.54. The summed E-state index contributed by atoms with van der Waals surface area (Å²) in [6.45, 7) is 4.28. The molecule has 0 saturated heterocycles. The van der Waals surface area contributed by atoms with Crippen molar-refractivity contribution in [2.75, 3.05) is 5.32 Å². The lowest BCUT2D eigenvalue weighted by atomic mass is 10.0. The maximum atomic E-state index is 8.95. The van der Waals surface area contributed by atoms with Gasteiger partial charge >= 0.3 is 0 Å². The Morgan fingerprint density at radius 1 is 1.22 bits per heavy atom. The van der Waals surface area contributed by atoms with Crippen molar-refractivity contribution in [3.63, 3.8) is 0 Å². The molecule has 0 aliphatic rings. The summed E-state index contributed by atoms with van der Waals surface area (Å²) in [5, 5.41) is 12.1. The first kappa shape index (κ1) is 12.1. The molecule has 2 aromatic rings. The van der Waals surface area contributed by atoms with E-state index in [-0.39, 0.29) is 0 Å². The van der Waals surface area contributed by atoms with Gasteiger partial charge in [0.15, 0.2) is 11.5 Å². The Labute approximate surface area is 106 Å². The highest BCUT2D eigenvalue weighted by atomic mass is 15.0. The highest BCUT2D eigenvalue weighted by Gasteiger charge is 2.05. The number of nitrogens with one attached hydrogen (secondary N) is 1. The molecule has 0 unspecified atom stereocenters. The van der Waals surface area contributed by atoms with E-state index < -0.39 is 0 Å². The average molecular weight is 238 g/mol. The summed E-state index contributed by atoms with van der Waals surface area (Å²) in [6, 6.07) is 10.1. The zero-order chi connectivity index (χ0) is 13.0. The van der Waals surface area contributed by atoms with Crippen LogP contribution in [0.2, 0.25) is 0 Å². The van der Waals surface area contributed by atoms with Crippen molar-refractivity contribution in [1.82, 2.24) is 9.97 Å². The Bertz CT molecular complexity index is 584. The van der Waals surface area contributed by atoms with Crippen LogP contribution in [0.3, 0.4) is 0 Å². The molecule has 0 spiro atoms. The van der Waals surface area contributed by atoms with Gasteiger partial charge in [-0.05, 0) is 23.6 Å². The van der Waals surface area contributed by atoms with Gasteiger partial charge in [-0.1, -0.05) is 26.0 Å². The second kappa shape index (κ2) is 5.28. The van der Waals surface area contributed by atoms with Crippen LogP contribution in [0, 0.1) is 11.3 Å². The highest BCUT2D eigenvalue weighted by molar-refractivity contribution is 5.61. The first-order valence-electron chi connectivity index (χ1n) is 5.79. The fraction of sp³-hybridized carbons (Fsp3) is 0.214. The smallest absolute Gasteiger partial charge is 0.183 e. The van der Waals surface area contributed by atoms with Crippen molar-refractivity contribution in [1.29, 1.82) is 5.26 Å². The van der Waals surface area contributed by atoms with Gasteiger partial charge in [-0.2, -0.15) is 5.26 Å². The fourth-order valence-electron chi connectivity index (χ4n) is 1.62. The fourth-order valence-corrected chi connectivity index (χ4v) is 1.62. The molecule has 0 aliphatic carbocycles. The molecule has 4 nitrogen and oxygen atoms in total. The van der Waals surface area contributed by atoms with E-state index in [0.29, 0.717) is 17.4 Å². The molecule has 90 valence electrons. The lowest BCUT2D eigenvalue weighted by Gasteiger charge is -2.10. The van der Waals surface area contributed by atoms with Crippen LogP contribution in [0.25, 0.3) is 0 Å². The summed E-state index contributed by atoms with van der Waals surface area (Å²) < 4.78 is 0. The van der Waals surface area contributed by atoms with E-state index >= 15 is 0 Å². The van der Waals surface area contributed by atoms with E-state index in [9.17, 15) is 0 Å². The number of anilines is 2. The molecule has 0 atom stereocenters. The number of nitriles is 1. The van der Waals surface area contributed by atoms with Gasteiger partial charge in [0.2, 0.25) is 0 Å². The molecule has 1 N–H and O–H groups in total. The summed E-state index contributed by atoms with van der Waals surface area (Å²) in [4.78, 5) is 8.09. The Morgan fingerprint density at radius 3 is 2.72 bits per heavy atom. The second-order valence-electron chi connectivity index (χ2n) is 4.27. The average Bonchev–Trinajstić information content (AvgIpc) is 2.39. The van der Waals surface area contributed by atoms with Gasteiger partial charge in [-0.3, -0.25) is 0 Å². The number of hydrogen-bond acceptors (Lipinski definition) is 4. The van der Waals surface area contributed by atoms with E-state index in [2.05, 4.69) is 41.3 Å². The van der Waals surface area contributed by atoms with Crippen molar-refractivity contribution >= 4 is 11.5 Å². The van der Waals surface area contributed by atoms with Crippen LogP contribution in [-0.2, 0) is 0 Å². The summed E-state index contributed by atoms with van der Waals surface area (Å²) in [6.07, 6.45) is 3.07. The molecule has 18 heavy (non-hydrogen) atoms. The zero-order valence-corrected chi connectivity index (χ0v) is 10.4. The van der Waals surface area contributed by atoms with E-state index in [4.69, 9.17) is 5.26 Å². The summed E-state index contributed by atoms with van der Waals surface area (Å²) in [5.41, 5.74) is 2.45. The van der Waals surface area contributed by atoms with Gasteiger partial charge in [0.1, 0.15) is 6.07 Å². The lowest BCUT2D eigenvalue weighted by molar-refractivity contribution is 0.867. The number of rotatable bonds is 3. The first-order valence-corrected chi connectivity index (χ1v) is 5.79. The summed E-state index contributed by atoms with van der Waals surface area (Å²) in [7, 11) is 0. The van der Waals surface area contributed by atoms with Gasteiger partial charge in [-0.25, -0.2) is 9.97 Å². The van der Waals surface area contributed by atoms with Gasteiger partial charge in [0.25, 0.3) is 0 Å². The van der Waals surface area contributed by atoms with Gasteiger partial charge in [0.05, 0.1) is 0 Å². The minimum absolute atomic E-state index is 0.299. The standard InChI is InChI=1S/C14H14N4/c1-10(2)11-4-3-5-12(8-11)18-14-13(9-15)16-6-7-17-14/h3-8,10H,1-2H3,(H,17,18). The molecule has 0 saturated carbocycles. The molecule has 1 heterocycles. The van der Waals surface area contributed by atoms with Crippen molar-refractivity contribution in [2.45, 2.75) is 19.8 Å². The highest BCUT2D eigenvalue weighted by Crippen LogP contribution is 2.21. The number of aromatic nitrogens is 2. The molecular formula is C14H14N4. The Balaban J connectivity index is 2.29. The van der Waals surface area contributed by atoms with Crippen molar-refractivity contribution in [2.24, 2.45) is 0 Å². The predicted octanol–water partition coefficient (Wildman–Crippen LogP) is 3.22. The third kappa shape index (κ3) is 2.64. The minimum Gasteiger partial charge on any atom is -0.338 e. The molecule has 0 amide bonds. The molecule has 1 aromatic heterocycles. The molecule has 4 heteroatoms. The maximum Gasteiger partial charge on any atom is 0.183 e. The largest absolute Gasteiger partial charge is 0.338 e. The number of hydrogen-bond donors (Lipinski definition) is 1. The topological polar surface area (TPSA) is 61.6 Å². The van der Waals surface area contributed by atoms with E-state index in [1.165, 1.54) is 11.8 Å². The SMILES string of the molecule is CC(C)c1cccc(Nc2nccnc2C#N)c1. The van der Waals surface area contributed by atoms with Crippen LogP contribution in [0.4, 0.5) is 11.5 Å². The normalized spacial score (nSPS) is 10.1. The lowest BCUT2D eigenvalue weighted by Crippen LogP contribution is -1.99. The molecule has 0 aliphatic heterocycles. The van der Waals surface area contributed by atoms with Crippen LogP contribution in [0.1, 0.15) is 31.0 Å². The number of benzene rings is 1. The minimum atomic E-state index is 0.299. The molecule has 2 rings (SSSR count). The summed E-state index contributed by atoms with van der Waals surface area (Å²) >= 11 is 0. The molecular weight excluding hydrogens is 224 g/mol. The zero-order valence-electron chi connectivity index (χ0n) is 10.4. The van der Waals surface area contributed by atoms with Crippen molar-refractivity contribution in [3.05, 3.63) is 47.9 Å². The monoisotopic (exact) mass is 238 g/mol. The van der Waals surface area contributed by atoms with Gasteiger partial charge < -0.3 is 5.32 Å². The van der Waals surface area contributed by atoms with E-state index in [0.717, 1.165) is 5.69 Å². The van der Waals surface area contributed by atoms with Crippen LogP contribution >= 0.6 is 0 Å². The summed E-state index contributed by atoms with van der Waals surface area (Å²) in [5.74, 6) is 0.949. The van der Waals surface area contributed by atoms with Crippen LogP contribution < -0.4 is 5.32 Å². The second-order valence-corrected chi connectivity index (χ2v) is 4.27. The van der Waals surface area contributed by atoms with E-state index in [1.54, 1.807) is 6.20 Å².